The largest absolute Gasteiger partial charge is 0.309 e. The minimum absolute atomic E-state index is 0.516. The molecule has 2 heterocycles. The first kappa shape index (κ1) is 47.4. The number of fused-ring (bicyclic) bond motifs is 23. The molecule has 2 nitrogen and oxygen atoms in total. The summed E-state index contributed by atoms with van der Waals surface area (Å²) in [6, 6.07) is 119. The van der Waals surface area contributed by atoms with Crippen LogP contribution < -0.4 is 4.90 Å². The second-order valence-electron chi connectivity index (χ2n) is 23.7. The van der Waals surface area contributed by atoms with E-state index in [9.17, 15) is 0 Å². The van der Waals surface area contributed by atoms with Crippen molar-refractivity contribution >= 4 is 49.6 Å². The topological polar surface area (TPSA) is 8.17 Å². The molecule has 0 saturated heterocycles. The molecule has 3 aliphatic carbocycles. The van der Waals surface area contributed by atoms with E-state index in [1.807, 2.05) is 0 Å². The highest BCUT2D eigenvalue weighted by Crippen LogP contribution is 2.65. The van der Waals surface area contributed by atoms with Gasteiger partial charge in [0.2, 0.25) is 0 Å². The molecule has 0 saturated carbocycles. The van der Waals surface area contributed by atoms with Gasteiger partial charge in [0.15, 0.2) is 0 Å². The average molecular weight is 1090 g/mol. The first-order valence-corrected chi connectivity index (χ1v) is 30.1. The molecule has 1 aliphatic heterocycles. The highest BCUT2D eigenvalue weighted by atomic mass is 15.1. The van der Waals surface area contributed by atoms with Crippen molar-refractivity contribution in [1.82, 2.24) is 4.57 Å². The van der Waals surface area contributed by atoms with Gasteiger partial charge in [-0.05, 0) is 154 Å². The third kappa shape index (κ3) is 6.09. The highest BCUT2D eigenvalue weighted by molar-refractivity contribution is 6.14. The van der Waals surface area contributed by atoms with Gasteiger partial charge >= 0.3 is 0 Å². The summed E-state index contributed by atoms with van der Waals surface area (Å²) in [6.45, 7) is 0. The third-order valence-electron chi connectivity index (χ3n) is 19.8. The van der Waals surface area contributed by atoms with Crippen LogP contribution in [0, 0.1) is 0 Å². The van der Waals surface area contributed by atoms with Gasteiger partial charge in [0.25, 0.3) is 0 Å². The van der Waals surface area contributed by atoms with Crippen molar-refractivity contribution in [3.63, 3.8) is 0 Å². The zero-order valence-electron chi connectivity index (χ0n) is 46.9. The Bertz CT molecular complexity index is 5330. The molecule has 0 amide bonds. The Morgan fingerprint density at radius 3 is 1.38 bits per heavy atom. The number of anilines is 3. The number of hydrogen-bond acceptors (Lipinski definition) is 1. The Morgan fingerprint density at radius 1 is 0.233 bits per heavy atom. The average Bonchev–Trinajstić information content (AvgIpc) is 1.51. The molecule has 0 radical (unpaired) electrons. The summed E-state index contributed by atoms with van der Waals surface area (Å²) < 4.78 is 2.53. The zero-order chi connectivity index (χ0) is 56.2. The van der Waals surface area contributed by atoms with E-state index >= 15 is 0 Å². The van der Waals surface area contributed by atoms with Gasteiger partial charge < -0.3 is 9.47 Å². The fraction of sp³-hybridized carbons (Fsp3) is 0.0238. The molecule has 1 atom stereocenters. The fourth-order valence-corrected chi connectivity index (χ4v) is 16.6. The van der Waals surface area contributed by atoms with Crippen LogP contribution in [0.3, 0.4) is 0 Å². The highest BCUT2D eigenvalue weighted by Gasteiger charge is 2.53. The van der Waals surface area contributed by atoms with Gasteiger partial charge in [0, 0.05) is 27.4 Å². The molecule has 2 heteroatoms. The van der Waals surface area contributed by atoms with Gasteiger partial charge in [-0.15, -0.1) is 0 Å². The lowest BCUT2D eigenvalue weighted by Gasteiger charge is -2.39. The molecule has 15 aromatic rings. The van der Waals surface area contributed by atoms with Gasteiger partial charge in [0.1, 0.15) is 0 Å². The standard InChI is InChI=1S/C84H52N2/c1-2-23-53(24-3-1)56-25-4-5-26-58(56)66-33-12-19-42-78(66)85(55-46-48-65-63-31-10-16-38-72(63)83(77(65)52-55)70-36-14-8-28-60(70)61-29-9-15-37-71(61)83)80-50-49-57(59-27-6-7-32-67(59)80)54-45-47-64-62-30-11-17-39-73(62)84(76(64)51-54)74-40-18-21-44-81(74)86-79-43-20-13-34-68(79)69-35-22-41-75(84)82(69)86/h1-52H. The number of aromatic nitrogens is 1. The van der Waals surface area contributed by atoms with Crippen LogP contribution in [0.1, 0.15) is 44.5 Å². The molecular weight excluding hydrogens is 1040 g/mol. The van der Waals surface area contributed by atoms with Crippen LogP contribution in [0.5, 0.6) is 0 Å². The lowest BCUT2D eigenvalue weighted by atomic mass is 9.65. The third-order valence-corrected chi connectivity index (χ3v) is 19.8. The van der Waals surface area contributed by atoms with Crippen LogP contribution in [0.4, 0.5) is 17.1 Å². The van der Waals surface area contributed by atoms with Crippen molar-refractivity contribution in [2.45, 2.75) is 10.8 Å². The second-order valence-corrected chi connectivity index (χ2v) is 23.7. The van der Waals surface area contributed by atoms with E-state index in [0.717, 1.165) is 22.6 Å². The van der Waals surface area contributed by atoms with E-state index in [-0.39, 0.29) is 0 Å². The molecule has 2 spiro atoms. The molecular formula is C84H52N2. The summed E-state index contributed by atoms with van der Waals surface area (Å²) in [5.41, 5.74) is 31.4. The lowest BCUT2D eigenvalue weighted by Crippen LogP contribution is -2.33. The minimum Gasteiger partial charge on any atom is -0.309 e. The Morgan fingerprint density at radius 2 is 0.698 bits per heavy atom. The molecule has 19 rings (SSSR count). The van der Waals surface area contributed by atoms with Crippen LogP contribution in [0.2, 0.25) is 0 Å². The van der Waals surface area contributed by atoms with Crippen LogP contribution >= 0.6 is 0 Å². The van der Waals surface area contributed by atoms with E-state index in [1.54, 1.807) is 0 Å². The molecule has 14 aromatic carbocycles. The molecule has 0 bridgehead atoms. The Kier molecular flexibility index (Phi) is 9.78. The number of nitrogens with zero attached hydrogens (tertiary/aromatic N) is 2. The van der Waals surface area contributed by atoms with Crippen LogP contribution in [0.15, 0.2) is 315 Å². The normalized spacial score (nSPS) is 14.9. The smallest absolute Gasteiger partial charge is 0.0754 e. The van der Waals surface area contributed by atoms with Crippen molar-refractivity contribution in [3.8, 4) is 72.4 Å². The van der Waals surface area contributed by atoms with Crippen LogP contribution in [-0.4, -0.2) is 4.57 Å². The van der Waals surface area contributed by atoms with E-state index in [4.69, 9.17) is 0 Å². The Labute approximate surface area is 499 Å². The Hall–Kier alpha value is -11.1. The number of para-hydroxylation sites is 4. The predicted molar refractivity (Wildman–Crippen MR) is 356 cm³/mol. The molecule has 4 aliphatic rings. The van der Waals surface area contributed by atoms with E-state index < -0.39 is 10.8 Å². The van der Waals surface area contributed by atoms with E-state index in [0.29, 0.717) is 0 Å². The number of hydrogen-bond donors (Lipinski definition) is 0. The summed E-state index contributed by atoms with van der Waals surface area (Å²) >= 11 is 0. The van der Waals surface area contributed by atoms with Crippen LogP contribution in [-0.2, 0) is 10.8 Å². The number of benzene rings is 14. The first-order chi connectivity index (χ1) is 42.7. The van der Waals surface area contributed by atoms with Gasteiger partial charge in [-0.3, -0.25) is 0 Å². The van der Waals surface area contributed by atoms with Crippen molar-refractivity contribution in [2.24, 2.45) is 0 Å². The zero-order valence-corrected chi connectivity index (χ0v) is 46.9. The summed E-state index contributed by atoms with van der Waals surface area (Å²) in [5, 5.41) is 4.92. The quantitative estimate of drug-likeness (QED) is 0.161. The fourth-order valence-electron chi connectivity index (χ4n) is 16.6. The maximum absolute atomic E-state index is 2.57. The molecule has 0 fully saturated rings. The summed E-state index contributed by atoms with van der Waals surface area (Å²) in [4.78, 5) is 2.57. The van der Waals surface area contributed by atoms with Gasteiger partial charge in [-0.1, -0.05) is 273 Å². The van der Waals surface area contributed by atoms with Crippen molar-refractivity contribution in [2.75, 3.05) is 4.90 Å². The molecule has 1 unspecified atom stereocenters. The maximum atomic E-state index is 2.57. The Balaban J connectivity index is 0.858. The number of rotatable bonds is 6. The minimum atomic E-state index is -0.570. The van der Waals surface area contributed by atoms with Gasteiger partial charge in [-0.2, -0.15) is 0 Å². The summed E-state index contributed by atoms with van der Waals surface area (Å²) in [7, 11) is 0. The second kappa shape index (κ2) is 17.7. The van der Waals surface area contributed by atoms with Crippen molar-refractivity contribution in [1.29, 1.82) is 0 Å². The lowest BCUT2D eigenvalue weighted by molar-refractivity contribution is 0.749. The summed E-state index contributed by atoms with van der Waals surface area (Å²) in [6.07, 6.45) is 0. The monoisotopic (exact) mass is 1090 g/mol. The van der Waals surface area contributed by atoms with Crippen LogP contribution in [0.25, 0.3) is 105 Å². The molecule has 1 aromatic heterocycles. The van der Waals surface area contributed by atoms with E-state index in [1.165, 1.54) is 144 Å². The molecule has 86 heavy (non-hydrogen) atoms. The van der Waals surface area contributed by atoms with Crippen molar-refractivity contribution < 1.29 is 0 Å². The summed E-state index contributed by atoms with van der Waals surface area (Å²) in [5.74, 6) is 0. The predicted octanol–water partition coefficient (Wildman–Crippen LogP) is 21.4. The van der Waals surface area contributed by atoms with Gasteiger partial charge in [-0.25, -0.2) is 0 Å². The molecule has 0 N–H and O–H groups in total. The van der Waals surface area contributed by atoms with Crippen molar-refractivity contribution in [3.05, 3.63) is 360 Å². The first-order valence-electron chi connectivity index (χ1n) is 30.1. The maximum Gasteiger partial charge on any atom is 0.0754 e. The van der Waals surface area contributed by atoms with Gasteiger partial charge in [0.05, 0.1) is 38.9 Å². The molecule has 398 valence electrons. The van der Waals surface area contributed by atoms with E-state index in [2.05, 4.69) is 325 Å². The SMILES string of the molecule is c1ccc(-c2ccccc2-c2ccccc2N(c2ccc3c(c2)C2(c4ccccc4-c4ccccc42)c2ccccc2-3)c2ccc(-c3ccc4c(c3)C3(c5ccccc5-4)c4ccccc4-n4c5ccccc5c5cccc3c54)c3ccccc23)cc1.